The van der Waals surface area contributed by atoms with Crippen LogP contribution in [0.1, 0.15) is 12.8 Å². The molecule has 0 aliphatic heterocycles. The normalized spacial score (nSPS) is 18.1. The third-order valence-corrected chi connectivity index (χ3v) is 1.17. The van der Waals surface area contributed by atoms with Crippen molar-refractivity contribution in [3.8, 4) is 0 Å². The van der Waals surface area contributed by atoms with Crippen molar-refractivity contribution < 1.29 is 10.5 Å². The van der Waals surface area contributed by atoms with E-state index in [1.54, 1.807) is 0 Å². The van der Waals surface area contributed by atoms with Crippen molar-refractivity contribution >= 4 is 5.91 Å². The van der Waals surface area contributed by atoms with Crippen molar-refractivity contribution in [2.75, 3.05) is 6.54 Å². The van der Waals surface area contributed by atoms with E-state index >= 15 is 0 Å². The summed E-state index contributed by atoms with van der Waals surface area (Å²) in [6.45, 7) is 0.372. The van der Waals surface area contributed by atoms with Gasteiger partial charge < -0.3 is 11.1 Å². The van der Waals surface area contributed by atoms with Crippen LogP contribution < -0.4 is 11.1 Å². The van der Waals surface area contributed by atoms with Crippen LogP contribution in [0.15, 0.2) is 0 Å². The number of nitrogens with one attached hydrogen (secondary N) is 1. The van der Waals surface area contributed by atoms with Crippen molar-refractivity contribution in [2.24, 2.45) is 0 Å². The van der Waals surface area contributed by atoms with E-state index < -0.39 is 0 Å². The van der Waals surface area contributed by atoms with E-state index in [1.807, 2.05) is 0 Å². The summed E-state index contributed by atoms with van der Waals surface area (Å²) in [5, 5.41) is 2.80. The summed E-state index contributed by atoms with van der Waals surface area (Å²) >= 11 is 0. The van der Waals surface area contributed by atoms with Gasteiger partial charge in [0.15, 0.2) is 6.54 Å². The third kappa shape index (κ3) is 1.50. The Balaban J connectivity index is 2.07. The van der Waals surface area contributed by atoms with Gasteiger partial charge in [0, 0.05) is 6.04 Å². The molecule has 0 aromatic rings. The Labute approximate surface area is 48.2 Å². The van der Waals surface area contributed by atoms with Gasteiger partial charge in [0.1, 0.15) is 0 Å². The summed E-state index contributed by atoms with van der Waals surface area (Å²) in [6.07, 6.45) is 2.32. The van der Waals surface area contributed by atoms with E-state index in [0.717, 1.165) is 12.8 Å². The zero-order valence-corrected chi connectivity index (χ0v) is 4.81. The fourth-order valence-corrected chi connectivity index (χ4v) is 0.528. The molecule has 1 fully saturated rings. The number of carbonyl (C=O) groups excluding carboxylic acids is 1. The average Bonchev–Trinajstić information content (AvgIpc) is 2.50. The smallest absolute Gasteiger partial charge is 0.275 e. The molecule has 46 valence electrons. The Morgan fingerprint density at radius 2 is 2.38 bits per heavy atom. The predicted molar refractivity (Wildman–Crippen MR) is 28.9 cm³/mol. The molecule has 3 heteroatoms. The fourth-order valence-electron chi connectivity index (χ4n) is 0.528. The highest BCUT2D eigenvalue weighted by Gasteiger charge is 2.22. The fraction of sp³-hybridized carbons (Fsp3) is 0.800. The molecule has 0 atom stereocenters. The number of quaternary nitrogens is 1. The first-order valence-electron chi connectivity index (χ1n) is 2.91. The van der Waals surface area contributed by atoms with Gasteiger partial charge in [-0.1, -0.05) is 0 Å². The van der Waals surface area contributed by atoms with Crippen LogP contribution in [-0.4, -0.2) is 18.5 Å². The molecule has 8 heavy (non-hydrogen) atoms. The molecule has 1 aliphatic rings. The first-order chi connectivity index (χ1) is 3.83. The van der Waals surface area contributed by atoms with Gasteiger partial charge in [-0.2, -0.15) is 0 Å². The average molecular weight is 115 g/mol. The van der Waals surface area contributed by atoms with Gasteiger partial charge in [0.05, 0.1) is 0 Å². The van der Waals surface area contributed by atoms with Gasteiger partial charge in [-0.15, -0.1) is 0 Å². The number of rotatable bonds is 2. The molecule has 0 bridgehead atoms. The largest absolute Gasteiger partial charge is 0.350 e. The molecule has 1 rings (SSSR count). The van der Waals surface area contributed by atoms with E-state index in [-0.39, 0.29) is 5.91 Å². The molecule has 1 amide bonds. The first-order valence-corrected chi connectivity index (χ1v) is 2.91. The van der Waals surface area contributed by atoms with E-state index in [9.17, 15) is 4.79 Å². The lowest BCUT2D eigenvalue weighted by molar-refractivity contribution is -0.355. The zero-order chi connectivity index (χ0) is 5.98. The highest BCUT2D eigenvalue weighted by atomic mass is 16.1. The summed E-state index contributed by atoms with van der Waals surface area (Å²) in [6, 6.07) is 0.490. The molecule has 0 saturated heterocycles. The summed E-state index contributed by atoms with van der Waals surface area (Å²) < 4.78 is 0. The SMILES string of the molecule is [NH3+]CC(=O)NC1CC1. The molecule has 0 aromatic carbocycles. The van der Waals surface area contributed by atoms with Gasteiger partial charge in [-0.3, -0.25) is 4.79 Å². The van der Waals surface area contributed by atoms with Gasteiger partial charge in [-0.05, 0) is 12.8 Å². The van der Waals surface area contributed by atoms with Crippen LogP contribution in [0.25, 0.3) is 0 Å². The lowest BCUT2D eigenvalue weighted by atomic mass is 10.5. The lowest BCUT2D eigenvalue weighted by Gasteiger charge is -1.94. The van der Waals surface area contributed by atoms with Gasteiger partial charge in [-0.25, -0.2) is 0 Å². The second-order valence-corrected chi connectivity index (χ2v) is 2.09. The minimum absolute atomic E-state index is 0.0764. The summed E-state index contributed by atoms with van der Waals surface area (Å²) in [5.41, 5.74) is 3.45. The van der Waals surface area contributed by atoms with E-state index in [1.165, 1.54) is 0 Å². The molecule has 3 nitrogen and oxygen atoms in total. The number of amides is 1. The highest BCUT2D eigenvalue weighted by Crippen LogP contribution is 2.17. The van der Waals surface area contributed by atoms with Crippen LogP contribution >= 0.6 is 0 Å². The topological polar surface area (TPSA) is 56.7 Å². The second kappa shape index (κ2) is 2.13. The monoisotopic (exact) mass is 115 g/mol. The number of hydrogen-bond donors (Lipinski definition) is 2. The maximum absolute atomic E-state index is 10.5. The standard InChI is InChI=1S/C5H10N2O/c6-3-5(8)7-4-1-2-4/h4H,1-3,6H2,(H,7,8)/p+1. The Bertz CT molecular complexity index is 98.6. The molecule has 4 N–H and O–H groups in total. The minimum Gasteiger partial charge on any atom is -0.350 e. The van der Waals surface area contributed by atoms with Gasteiger partial charge in [0.25, 0.3) is 5.91 Å². The van der Waals surface area contributed by atoms with Crippen molar-refractivity contribution in [1.82, 2.24) is 5.32 Å². The zero-order valence-electron chi connectivity index (χ0n) is 4.81. The van der Waals surface area contributed by atoms with Crippen LogP contribution in [0.3, 0.4) is 0 Å². The molecule has 0 heterocycles. The predicted octanol–water partition coefficient (Wildman–Crippen LogP) is -1.49. The van der Waals surface area contributed by atoms with E-state index in [0.29, 0.717) is 12.6 Å². The van der Waals surface area contributed by atoms with Crippen LogP contribution in [0.5, 0.6) is 0 Å². The van der Waals surface area contributed by atoms with Gasteiger partial charge >= 0.3 is 0 Å². The van der Waals surface area contributed by atoms with E-state index in [4.69, 9.17) is 0 Å². The number of hydrogen-bond acceptors (Lipinski definition) is 1. The van der Waals surface area contributed by atoms with Gasteiger partial charge in [0.2, 0.25) is 0 Å². The minimum atomic E-state index is 0.0764. The Kier molecular flexibility index (Phi) is 1.48. The molecule has 0 spiro atoms. The second-order valence-electron chi connectivity index (χ2n) is 2.09. The van der Waals surface area contributed by atoms with Crippen molar-refractivity contribution in [3.05, 3.63) is 0 Å². The highest BCUT2D eigenvalue weighted by molar-refractivity contribution is 5.77. The third-order valence-electron chi connectivity index (χ3n) is 1.17. The van der Waals surface area contributed by atoms with Crippen LogP contribution in [-0.2, 0) is 4.79 Å². The van der Waals surface area contributed by atoms with Crippen LogP contribution in [0, 0.1) is 0 Å². The lowest BCUT2D eigenvalue weighted by Crippen LogP contribution is -2.57. The number of carbonyl (C=O) groups is 1. The summed E-state index contributed by atoms with van der Waals surface area (Å²) in [7, 11) is 0. The maximum atomic E-state index is 10.5. The molecule has 0 radical (unpaired) electrons. The van der Waals surface area contributed by atoms with Crippen molar-refractivity contribution in [1.29, 1.82) is 0 Å². The molecule has 1 aliphatic carbocycles. The summed E-state index contributed by atoms with van der Waals surface area (Å²) in [4.78, 5) is 10.5. The van der Waals surface area contributed by atoms with E-state index in [2.05, 4.69) is 11.1 Å². The van der Waals surface area contributed by atoms with Crippen LogP contribution in [0.2, 0.25) is 0 Å². The molecule has 0 unspecified atom stereocenters. The quantitative estimate of drug-likeness (QED) is 0.452. The molecule has 1 saturated carbocycles. The van der Waals surface area contributed by atoms with Crippen molar-refractivity contribution in [2.45, 2.75) is 18.9 Å². The molecule has 0 aromatic heterocycles. The van der Waals surface area contributed by atoms with Crippen molar-refractivity contribution in [3.63, 3.8) is 0 Å². The molecular formula is C5H11N2O+. The molecular weight excluding hydrogens is 104 g/mol. The Morgan fingerprint density at radius 3 is 2.75 bits per heavy atom. The maximum Gasteiger partial charge on any atom is 0.275 e. The Morgan fingerprint density at radius 1 is 1.75 bits per heavy atom. The Hall–Kier alpha value is -0.570. The van der Waals surface area contributed by atoms with Crippen LogP contribution in [0.4, 0.5) is 0 Å². The summed E-state index contributed by atoms with van der Waals surface area (Å²) in [5.74, 6) is 0.0764. The first kappa shape index (κ1) is 5.56.